The van der Waals surface area contributed by atoms with Gasteiger partial charge in [0.05, 0.1) is 4.90 Å². The van der Waals surface area contributed by atoms with E-state index in [4.69, 9.17) is 0 Å². The van der Waals surface area contributed by atoms with Crippen LogP contribution in [0.1, 0.15) is 18.1 Å². The van der Waals surface area contributed by atoms with Crippen molar-refractivity contribution in [2.75, 3.05) is 6.54 Å². The highest BCUT2D eigenvalue weighted by atomic mass is 32.2. The molecule has 0 aliphatic rings. The van der Waals surface area contributed by atoms with Crippen LogP contribution in [0.3, 0.4) is 0 Å². The molecule has 3 aromatic carbocycles. The molecule has 1 unspecified atom stereocenters. The molecular formula is C26H31NOSSi. The van der Waals surface area contributed by atoms with Crippen LogP contribution in [0.5, 0.6) is 0 Å². The van der Waals surface area contributed by atoms with E-state index in [1.807, 2.05) is 42.5 Å². The molecule has 0 saturated heterocycles. The van der Waals surface area contributed by atoms with Crippen LogP contribution in [0.2, 0.25) is 13.1 Å². The first-order valence-electron chi connectivity index (χ1n) is 10.4. The first-order valence-corrected chi connectivity index (χ1v) is 14.5. The molecule has 0 aliphatic heterocycles. The van der Waals surface area contributed by atoms with Crippen molar-refractivity contribution in [3.63, 3.8) is 0 Å². The van der Waals surface area contributed by atoms with Crippen molar-refractivity contribution in [3.05, 3.63) is 107 Å². The topological polar surface area (TPSA) is 20.3 Å². The van der Waals surface area contributed by atoms with Gasteiger partial charge in [-0.3, -0.25) is 0 Å². The monoisotopic (exact) mass is 433 g/mol. The lowest BCUT2D eigenvalue weighted by atomic mass is 10.2. The molecule has 0 heterocycles. The SMILES string of the molecule is C/C=C(\CN(Cc1ccccc1)S(=O)c1ccc(C)cc1)[Si](C)(C)c1ccccc1. The molecule has 0 amide bonds. The minimum Gasteiger partial charge on any atom is -0.237 e. The van der Waals surface area contributed by atoms with Crippen LogP contribution in [-0.4, -0.2) is 23.1 Å². The average molecular weight is 434 g/mol. The second-order valence-electron chi connectivity index (χ2n) is 8.15. The maximum atomic E-state index is 13.6. The molecule has 0 saturated carbocycles. The molecule has 3 rings (SSSR count). The molecule has 30 heavy (non-hydrogen) atoms. The van der Waals surface area contributed by atoms with E-state index >= 15 is 0 Å². The van der Waals surface area contributed by atoms with Gasteiger partial charge in [-0.1, -0.05) is 108 Å². The number of hydrogen-bond acceptors (Lipinski definition) is 1. The summed E-state index contributed by atoms with van der Waals surface area (Å²) in [6, 6.07) is 29.1. The Hall–Kier alpha value is -2.27. The standard InChI is InChI=1S/C26H31NOSSi/c1-5-25(30(3,4)26-14-10-7-11-15-26)21-27(20-23-12-8-6-9-13-23)29(28)24-18-16-22(2)17-19-24/h5-19H,20-21H2,1-4H3/b25-5+. The molecule has 0 radical (unpaired) electrons. The lowest BCUT2D eigenvalue weighted by molar-refractivity contribution is 0.477. The van der Waals surface area contributed by atoms with Gasteiger partial charge in [0, 0.05) is 13.1 Å². The second-order valence-corrected chi connectivity index (χ2v) is 14.1. The molecule has 0 aliphatic carbocycles. The quantitative estimate of drug-likeness (QED) is 0.422. The summed E-state index contributed by atoms with van der Waals surface area (Å²) in [4.78, 5) is 0.853. The minimum atomic E-state index is -1.86. The lowest BCUT2D eigenvalue weighted by Gasteiger charge is -2.31. The van der Waals surface area contributed by atoms with Crippen LogP contribution in [0, 0.1) is 6.92 Å². The highest BCUT2D eigenvalue weighted by Crippen LogP contribution is 2.22. The van der Waals surface area contributed by atoms with Crippen molar-refractivity contribution in [2.45, 2.75) is 38.4 Å². The van der Waals surface area contributed by atoms with E-state index in [9.17, 15) is 4.21 Å². The van der Waals surface area contributed by atoms with E-state index < -0.39 is 19.1 Å². The molecule has 1 atom stereocenters. The summed E-state index contributed by atoms with van der Waals surface area (Å²) in [5.74, 6) is 0. The molecule has 0 bridgehead atoms. The fourth-order valence-corrected chi connectivity index (χ4v) is 7.65. The Balaban J connectivity index is 1.92. The first kappa shape index (κ1) is 22.4. The molecule has 3 aromatic rings. The molecule has 2 nitrogen and oxygen atoms in total. The number of rotatable bonds is 8. The summed E-state index contributed by atoms with van der Waals surface area (Å²) in [5, 5.41) is 2.80. The highest BCUT2D eigenvalue weighted by Gasteiger charge is 2.30. The van der Waals surface area contributed by atoms with Crippen LogP contribution < -0.4 is 5.19 Å². The number of aryl methyl sites for hydroxylation is 1. The third-order valence-corrected chi connectivity index (χ3v) is 10.9. The highest BCUT2D eigenvalue weighted by molar-refractivity contribution is 7.82. The summed E-state index contributed by atoms with van der Waals surface area (Å²) in [6.45, 7) is 10.3. The van der Waals surface area contributed by atoms with E-state index in [0.717, 1.165) is 4.90 Å². The van der Waals surface area contributed by atoms with Gasteiger partial charge in [-0.05, 0) is 31.5 Å². The van der Waals surface area contributed by atoms with Crippen LogP contribution >= 0.6 is 0 Å². The number of benzene rings is 3. The number of allylic oxidation sites excluding steroid dienone is 1. The van der Waals surface area contributed by atoms with Gasteiger partial charge in [0.25, 0.3) is 0 Å². The lowest BCUT2D eigenvalue weighted by Crippen LogP contribution is -2.47. The maximum absolute atomic E-state index is 13.6. The van der Waals surface area contributed by atoms with E-state index in [1.54, 1.807) is 0 Å². The first-order chi connectivity index (χ1) is 14.4. The summed E-state index contributed by atoms with van der Waals surface area (Å²) in [7, 11) is -3.09. The fraction of sp³-hybridized carbons (Fsp3) is 0.231. The van der Waals surface area contributed by atoms with Crippen LogP contribution in [0.15, 0.2) is 101 Å². The van der Waals surface area contributed by atoms with Gasteiger partial charge in [0.1, 0.15) is 19.1 Å². The number of nitrogens with zero attached hydrogens (tertiary/aromatic N) is 1. The molecule has 0 N–H and O–H groups in total. The van der Waals surface area contributed by atoms with Gasteiger partial charge in [0.15, 0.2) is 0 Å². The smallest absolute Gasteiger partial charge is 0.128 e. The Morgan fingerprint density at radius 1 is 0.900 bits per heavy atom. The van der Waals surface area contributed by atoms with Gasteiger partial charge < -0.3 is 0 Å². The predicted molar refractivity (Wildman–Crippen MR) is 132 cm³/mol. The summed E-state index contributed by atoms with van der Waals surface area (Å²) < 4.78 is 15.7. The largest absolute Gasteiger partial charge is 0.237 e. The molecule has 0 aromatic heterocycles. The zero-order valence-corrected chi connectivity index (χ0v) is 20.2. The van der Waals surface area contributed by atoms with Crippen LogP contribution in [-0.2, 0) is 17.5 Å². The Bertz CT molecular complexity index is 998. The van der Waals surface area contributed by atoms with Gasteiger partial charge in [0.2, 0.25) is 0 Å². The van der Waals surface area contributed by atoms with E-state index in [-0.39, 0.29) is 0 Å². The Morgan fingerprint density at radius 2 is 1.47 bits per heavy atom. The van der Waals surface area contributed by atoms with Crippen LogP contribution in [0.25, 0.3) is 0 Å². The predicted octanol–water partition coefficient (Wildman–Crippen LogP) is 5.62. The number of hydrogen-bond donors (Lipinski definition) is 0. The van der Waals surface area contributed by atoms with E-state index in [1.165, 1.54) is 21.5 Å². The van der Waals surface area contributed by atoms with Crippen molar-refractivity contribution >= 4 is 24.2 Å². The van der Waals surface area contributed by atoms with Crippen molar-refractivity contribution in [2.24, 2.45) is 0 Å². The zero-order valence-electron chi connectivity index (χ0n) is 18.3. The molecule has 156 valence electrons. The summed E-state index contributed by atoms with van der Waals surface area (Å²) in [6.07, 6.45) is 2.24. The van der Waals surface area contributed by atoms with Gasteiger partial charge in [-0.25, -0.2) is 8.51 Å². The van der Waals surface area contributed by atoms with Crippen molar-refractivity contribution < 1.29 is 4.21 Å². The average Bonchev–Trinajstić information content (AvgIpc) is 2.77. The Morgan fingerprint density at radius 3 is 2.03 bits per heavy atom. The summed E-state index contributed by atoms with van der Waals surface area (Å²) >= 11 is 0. The zero-order chi connectivity index (χ0) is 21.6. The minimum absolute atomic E-state index is 0.651. The Kier molecular flexibility index (Phi) is 7.59. The van der Waals surface area contributed by atoms with Gasteiger partial charge >= 0.3 is 0 Å². The normalized spacial score (nSPS) is 13.4. The van der Waals surface area contributed by atoms with E-state index in [2.05, 4.69) is 79.8 Å². The third kappa shape index (κ3) is 5.45. The molecular weight excluding hydrogens is 402 g/mol. The third-order valence-electron chi connectivity index (χ3n) is 5.65. The second kappa shape index (κ2) is 10.2. The van der Waals surface area contributed by atoms with Crippen molar-refractivity contribution in [3.8, 4) is 0 Å². The molecule has 0 fully saturated rings. The van der Waals surface area contributed by atoms with Gasteiger partial charge in [-0.2, -0.15) is 0 Å². The molecule has 4 heteroatoms. The van der Waals surface area contributed by atoms with Crippen LogP contribution in [0.4, 0.5) is 0 Å². The van der Waals surface area contributed by atoms with E-state index in [0.29, 0.717) is 13.1 Å². The maximum Gasteiger partial charge on any atom is 0.128 e. The fourth-order valence-electron chi connectivity index (χ4n) is 3.64. The van der Waals surface area contributed by atoms with Crippen molar-refractivity contribution in [1.29, 1.82) is 0 Å². The van der Waals surface area contributed by atoms with Crippen molar-refractivity contribution in [1.82, 2.24) is 4.31 Å². The Labute approximate surface area is 184 Å². The summed E-state index contributed by atoms with van der Waals surface area (Å²) in [5.41, 5.74) is 2.35. The molecule has 0 spiro atoms. The van der Waals surface area contributed by atoms with Gasteiger partial charge in [-0.15, -0.1) is 0 Å².